The largest absolute Gasteiger partial charge is 0.393 e. The molecule has 3 heteroatoms. The zero-order valence-electron chi connectivity index (χ0n) is 33.6. The van der Waals surface area contributed by atoms with E-state index in [1.807, 2.05) is 0 Å². The highest BCUT2D eigenvalue weighted by Gasteiger charge is 2.34. The van der Waals surface area contributed by atoms with E-state index in [0.29, 0.717) is 5.92 Å². The molecule has 0 aromatic heterocycles. The van der Waals surface area contributed by atoms with Crippen LogP contribution >= 0.6 is 0 Å². The van der Waals surface area contributed by atoms with Gasteiger partial charge in [0.25, 0.3) is 0 Å². The third kappa shape index (κ3) is 15.1. The topological polar surface area (TPSA) is 40.5 Å². The highest BCUT2D eigenvalue weighted by atomic mass is 16.3. The number of rotatable bonds is 21. The fraction of sp³-hybridized carbons (Fsp3) is 0.766. The zero-order chi connectivity index (χ0) is 36.3. The maximum Gasteiger partial charge on any atom is 0.127 e. The van der Waals surface area contributed by atoms with Gasteiger partial charge in [0.15, 0.2) is 0 Å². The normalized spacial score (nSPS) is 29.3. The molecule has 0 spiro atoms. The predicted molar refractivity (Wildman–Crippen MR) is 217 cm³/mol. The molecule has 3 nitrogen and oxygen atoms in total. The molecule has 2 aliphatic carbocycles. The van der Waals surface area contributed by atoms with Crippen LogP contribution in [-0.4, -0.2) is 41.0 Å². The minimum absolute atomic E-state index is 0.0493. The van der Waals surface area contributed by atoms with Crippen molar-refractivity contribution in [2.45, 2.75) is 188 Å². The summed E-state index contributed by atoms with van der Waals surface area (Å²) in [6, 6.07) is 1.57. The number of nitrogens with zero attached hydrogens (tertiary/aromatic N) is 1. The minimum Gasteiger partial charge on any atom is -0.393 e. The molecule has 7 unspecified atom stereocenters. The number of hydrogen-bond acceptors (Lipinski definition) is 3. The Morgan fingerprint density at radius 2 is 1.64 bits per heavy atom. The average molecular weight is 690 g/mol. The van der Waals surface area contributed by atoms with Crippen molar-refractivity contribution in [2.75, 3.05) is 6.54 Å². The Labute approximate surface area is 310 Å². The summed E-state index contributed by atoms with van der Waals surface area (Å²) < 4.78 is 0. The summed E-state index contributed by atoms with van der Waals surface area (Å²) in [7, 11) is 0. The van der Waals surface area contributed by atoms with Gasteiger partial charge in [-0.15, -0.1) is 0 Å². The van der Waals surface area contributed by atoms with Gasteiger partial charge in [-0.3, -0.25) is 4.90 Å². The smallest absolute Gasteiger partial charge is 0.127 e. The van der Waals surface area contributed by atoms with Crippen molar-refractivity contribution >= 4 is 6.29 Å². The van der Waals surface area contributed by atoms with E-state index in [1.165, 1.54) is 114 Å². The van der Waals surface area contributed by atoms with Crippen molar-refractivity contribution in [3.8, 4) is 0 Å². The first-order chi connectivity index (χ1) is 24.1. The predicted octanol–water partition coefficient (Wildman–Crippen LogP) is 12.8. The van der Waals surface area contributed by atoms with E-state index in [4.69, 9.17) is 0 Å². The maximum absolute atomic E-state index is 12.2. The van der Waals surface area contributed by atoms with Gasteiger partial charge in [-0.2, -0.15) is 0 Å². The molecular formula is C47H79NO2. The second-order valence-electron chi connectivity index (χ2n) is 17.3. The molecule has 0 aromatic rings. The molecule has 3 aliphatic rings. The highest BCUT2D eigenvalue weighted by molar-refractivity contribution is 5.60. The van der Waals surface area contributed by atoms with E-state index in [0.717, 1.165) is 73.8 Å². The lowest BCUT2D eigenvalue weighted by atomic mass is 9.75. The van der Waals surface area contributed by atoms with Crippen LogP contribution in [0.1, 0.15) is 170 Å². The molecule has 1 saturated heterocycles. The number of unbranched alkanes of at least 4 members (excludes halogenated alkanes) is 4. The molecule has 1 aliphatic heterocycles. The average Bonchev–Trinajstić information content (AvgIpc) is 3.10. The lowest BCUT2D eigenvalue weighted by molar-refractivity contribution is -0.111. The van der Waals surface area contributed by atoms with Crippen LogP contribution in [0.5, 0.6) is 0 Å². The van der Waals surface area contributed by atoms with Gasteiger partial charge in [-0.05, 0) is 134 Å². The van der Waals surface area contributed by atoms with Gasteiger partial charge in [0, 0.05) is 18.0 Å². The van der Waals surface area contributed by atoms with Crippen molar-refractivity contribution in [1.29, 1.82) is 0 Å². The number of carbonyl (C=O) groups is 1. The molecule has 0 amide bonds. The summed E-state index contributed by atoms with van der Waals surface area (Å²) in [4.78, 5) is 15.1. The summed E-state index contributed by atoms with van der Waals surface area (Å²) in [5.74, 6) is 2.89. The molecule has 284 valence electrons. The maximum atomic E-state index is 12.2. The Morgan fingerprint density at radius 3 is 2.40 bits per heavy atom. The molecule has 3 rings (SSSR count). The lowest BCUT2D eigenvalue weighted by Crippen LogP contribution is -2.50. The molecule has 1 heterocycles. The number of allylic oxidation sites excluding steroid dienone is 9. The van der Waals surface area contributed by atoms with Gasteiger partial charge in [-0.25, -0.2) is 0 Å². The van der Waals surface area contributed by atoms with Crippen LogP contribution < -0.4 is 0 Å². The Bertz CT molecular complexity index is 1100. The molecule has 0 aromatic carbocycles. The SMILES string of the molecule is C=C(C(C)CC/C=C/C=C/C=C(\C)CC[C@@H]1CCC(C)C(N2CCCCC2C)C1)[C@H](C=O)C(C)/C(C)=C/CCCCCCC1CCCC(O)C1. The second-order valence-corrected chi connectivity index (χ2v) is 17.3. The molecular weight excluding hydrogens is 611 g/mol. The van der Waals surface area contributed by atoms with Gasteiger partial charge in [0.2, 0.25) is 0 Å². The lowest BCUT2D eigenvalue weighted by Gasteiger charge is -2.46. The van der Waals surface area contributed by atoms with Crippen LogP contribution in [-0.2, 0) is 4.79 Å². The van der Waals surface area contributed by atoms with Crippen LogP contribution in [0, 0.1) is 35.5 Å². The number of likely N-dealkylation sites (tertiary alicyclic amines) is 1. The molecule has 50 heavy (non-hydrogen) atoms. The van der Waals surface area contributed by atoms with Crippen molar-refractivity contribution in [3.05, 3.63) is 59.8 Å². The van der Waals surface area contributed by atoms with Gasteiger partial charge in [0.1, 0.15) is 6.29 Å². The minimum atomic E-state index is -0.111. The van der Waals surface area contributed by atoms with E-state index in [2.05, 4.69) is 89.5 Å². The number of hydrogen-bond donors (Lipinski definition) is 1. The molecule has 9 atom stereocenters. The van der Waals surface area contributed by atoms with E-state index in [1.54, 1.807) is 0 Å². The number of carbonyl (C=O) groups excluding carboxylic acids is 1. The Kier molecular flexibility index (Phi) is 20.3. The van der Waals surface area contributed by atoms with Crippen LogP contribution in [0.25, 0.3) is 0 Å². The van der Waals surface area contributed by atoms with E-state index >= 15 is 0 Å². The van der Waals surface area contributed by atoms with E-state index < -0.39 is 0 Å². The number of piperidine rings is 1. The molecule has 0 bridgehead atoms. The van der Waals surface area contributed by atoms with E-state index in [-0.39, 0.29) is 17.9 Å². The molecule has 2 saturated carbocycles. The fourth-order valence-electron chi connectivity index (χ4n) is 9.34. The first kappa shape index (κ1) is 42.7. The van der Waals surface area contributed by atoms with Crippen LogP contribution in [0.3, 0.4) is 0 Å². The van der Waals surface area contributed by atoms with Gasteiger partial charge < -0.3 is 9.90 Å². The third-order valence-corrected chi connectivity index (χ3v) is 13.2. The van der Waals surface area contributed by atoms with Crippen molar-refractivity contribution < 1.29 is 9.90 Å². The monoisotopic (exact) mass is 690 g/mol. The summed E-state index contributed by atoms with van der Waals surface area (Å²) in [5.41, 5.74) is 3.90. The first-order valence-corrected chi connectivity index (χ1v) is 21.3. The van der Waals surface area contributed by atoms with Crippen LogP contribution in [0.15, 0.2) is 59.8 Å². The summed E-state index contributed by atoms with van der Waals surface area (Å²) in [5, 5.41) is 9.90. The first-order valence-electron chi connectivity index (χ1n) is 21.3. The number of aldehydes is 1. The molecule has 1 N–H and O–H groups in total. The Balaban J connectivity index is 1.29. The standard InChI is InChI=1S/C47H79NO2/c1-36(28-30-44-31-29-39(4)47(34-44)48-32-19-18-24-40(48)5)21-14-10-8-11-15-22-37(2)41(6)46(35-49)42(7)38(3)23-16-12-9-13-17-25-43-26-20-27-45(50)33-43/h8,10-11,14,21,23,35,37,39-40,42-47,50H,6,9,12-13,15-20,22,24-34H2,1-5,7H3/b11-8+,14-10+,36-21+,38-23+/t37?,39?,40?,42?,43?,44-,45?,46+,47?/m1/s1. The number of aliphatic hydroxyl groups excluding tert-OH is 1. The highest BCUT2D eigenvalue weighted by Crippen LogP contribution is 2.38. The quantitative estimate of drug-likeness (QED) is 0.0564. The third-order valence-electron chi connectivity index (χ3n) is 13.2. The summed E-state index contributed by atoms with van der Waals surface area (Å²) in [6.07, 6.45) is 39.5. The van der Waals surface area contributed by atoms with Crippen molar-refractivity contribution in [2.24, 2.45) is 35.5 Å². The van der Waals surface area contributed by atoms with Crippen LogP contribution in [0.2, 0.25) is 0 Å². The van der Waals surface area contributed by atoms with Crippen molar-refractivity contribution in [1.82, 2.24) is 4.90 Å². The number of aliphatic hydroxyl groups is 1. The van der Waals surface area contributed by atoms with Gasteiger partial charge >= 0.3 is 0 Å². The Morgan fingerprint density at radius 1 is 0.860 bits per heavy atom. The Hall–Kier alpha value is -1.71. The van der Waals surface area contributed by atoms with Gasteiger partial charge in [0.05, 0.1) is 6.10 Å². The summed E-state index contributed by atoms with van der Waals surface area (Å²) >= 11 is 0. The van der Waals surface area contributed by atoms with Gasteiger partial charge in [-0.1, -0.05) is 132 Å². The zero-order valence-corrected chi connectivity index (χ0v) is 33.6. The second kappa shape index (κ2) is 23.8. The summed E-state index contributed by atoms with van der Waals surface area (Å²) in [6.45, 7) is 19.6. The fourth-order valence-corrected chi connectivity index (χ4v) is 9.34. The molecule has 0 radical (unpaired) electrons. The molecule has 3 fully saturated rings. The van der Waals surface area contributed by atoms with E-state index in [9.17, 15) is 9.90 Å². The van der Waals surface area contributed by atoms with Crippen LogP contribution in [0.4, 0.5) is 0 Å². The van der Waals surface area contributed by atoms with Crippen molar-refractivity contribution in [3.63, 3.8) is 0 Å².